The minimum Gasteiger partial charge on any atom is -0.467 e. The number of anilines is 2. The first-order valence-corrected chi connectivity index (χ1v) is 5.78. The largest absolute Gasteiger partial charge is 0.467 e. The van der Waals surface area contributed by atoms with Crippen LogP contribution in [0.1, 0.15) is 25.8 Å². The van der Waals surface area contributed by atoms with Crippen molar-refractivity contribution in [3.63, 3.8) is 0 Å². The fourth-order valence-corrected chi connectivity index (χ4v) is 1.59. The average Bonchev–Trinajstić information content (AvgIpc) is 2.39. The van der Waals surface area contributed by atoms with Crippen molar-refractivity contribution in [2.75, 3.05) is 17.9 Å². The molecule has 0 aliphatic rings. The van der Waals surface area contributed by atoms with Gasteiger partial charge < -0.3 is 15.5 Å². The Balaban J connectivity index is 2.96. The van der Waals surface area contributed by atoms with E-state index < -0.39 is 6.04 Å². The summed E-state index contributed by atoms with van der Waals surface area (Å²) in [5, 5.41) is 3.00. The molecule has 0 fully saturated rings. The van der Waals surface area contributed by atoms with E-state index in [-0.39, 0.29) is 5.97 Å². The van der Waals surface area contributed by atoms with Crippen molar-refractivity contribution in [2.45, 2.75) is 32.7 Å². The van der Waals surface area contributed by atoms with Gasteiger partial charge in [0, 0.05) is 5.56 Å². The molecule has 0 saturated carbocycles. The molecule has 0 spiro atoms. The van der Waals surface area contributed by atoms with Gasteiger partial charge in [0.25, 0.3) is 0 Å². The fourth-order valence-electron chi connectivity index (χ4n) is 1.59. The van der Waals surface area contributed by atoms with Gasteiger partial charge in [-0.05, 0) is 13.3 Å². The predicted octanol–water partition coefficient (Wildman–Crippen LogP) is 0.688. The highest BCUT2D eigenvalue weighted by molar-refractivity contribution is 5.78. The van der Waals surface area contributed by atoms with Crippen LogP contribution >= 0.6 is 0 Å². The van der Waals surface area contributed by atoms with Crippen LogP contribution in [0.3, 0.4) is 0 Å². The number of carbonyl (C=O) groups is 1. The van der Waals surface area contributed by atoms with E-state index >= 15 is 0 Å². The number of esters is 1. The van der Waals surface area contributed by atoms with Crippen LogP contribution < -0.4 is 16.6 Å². The van der Waals surface area contributed by atoms with Crippen molar-refractivity contribution in [1.29, 1.82) is 0 Å². The van der Waals surface area contributed by atoms with E-state index in [2.05, 4.69) is 25.4 Å². The maximum Gasteiger partial charge on any atom is 0.328 e. The number of ether oxygens (including phenoxy) is 1. The summed E-state index contributed by atoms with van der Waals surface area (Å²) in [6, 6.07) is -0.480. The minimum atomic E-state index is -0.480. The SMILES string of the molecule is CCCc1c(NN)ncnc1NC(C)C(=O)OC. The third-order valence-electron chi connectivity index (χ3n) is 2.49. The van der Waals surface area contributed by atoms with Gasteiger partial charge in [0.2, 0.25) is 0 Å². The van der Waals surface area contributed by atoms with E-state index in [9.17, 15) is 4.79 Å². The summed E-state index contributed by atoms with van der Waals surface area (Å²) in [5.41, 5.74) is 3.39. The maximum absolute atomic E-state index is 11.4. The fraction of sp³-hybridized carbons (Fsp3) is 0.545. The summed E-state index contributed by atoms with van der Waals surface area (Å²) in [6.07, 6.45) is 3.07. The summed E-state index contributed by atoms with van der Waals surface area (Å²) in [7, 11) is 1.35. The van der Waals surface area contributed by atoms with Crippen LogP contribution in [0.25, 0.3) is 0 Å². The van der Waals surface area contributed by atoms with E-state index in [0.717, 1.165) is 18.4 Å². The number of hydrogen-bond donors (Lipinski definition) is 3. The molecule has 1 unspecified atom stereocenters. The van der Waals surface area contributed by atoms with E-state index in [0.29, 0.717) is 11.6 Å². The van der Waals surface area contributed by atoms with Crippen LogP contribution in [0, 0.1) is 0 Å². The zero-order chi connectivity index (χ0) is 13.5. The van der Waals surface area contributed by atoms with Crippen molar-refractivity contribution in [2.24, 2.45) is 5.84 Å². The van der Waals surface area contributed by atoms with Crippen LogP contribution in [0.4, 0.5) is 11.6 Å². The maximum atomic E-state index is 11.4. The Hall–Kier alpha value is -1.89. The number of methoxy groups -OCH3 is 1. The Morgan fingerprint density at radius 1 is 1.50 bits per heavy atom. The lowest BCUT2D eigenvalue weighted by atomic mass is 10.1. The Kier molecular flexibility index (Phi) is 5.31. The molecule has 7 nitrogen and oxygen atoms in total. The number of hydrogen-bond acceptors (Lipinski definition) is 7. The van der Waals surface area contributed by atoms with Gasteiger partial charge in [-0.1, -0.05) is 13.3 Å². The number of nitrogens with one attached hydrogen (secondary N) is 2. The third-order valence-corrected chi connectivity index (χ3v) is 2.49. The molecule has 0 aliphatic heterocycles. The van der Waals surface area contributed by atoms with Crippen molar-refractivity contribution >= 4 is 17.6 Å². The molecule has 1 atom stereocenters. The summed E-state index contributed by atoms with van der Waals surface area (Å²) in [4.78, 5) is 19.6. The normalized spacial score (nSPS) is 11.8. The standard InChI is InChI=1S/C11H19N5O2/c1-4-5-8-9(13-6-14-10(8)16-12)15-7(2)11(17)18-3/h6-7H,4-5,12H2,1-3H3,(H2,13,14,15,16). The van der Waals surface area contributed by atoms with Crippen LogP contribution in [0.15, 0.2) is 6.33 Å². The molecule has 0 amide bonds. The Morgan fingerprint density at radius 2 is 2.17 bits per heavy atom. The second-order valence-corrected chi connectivity index (χ2v) is 3.83. The van der Waals surface area contributed by atoms with Gasteiger partial charge >= 0.3 is 5.97 Å². The minimum absolute atomic E-state index is 0.349. The van der Waals surface area contributed by atoms with Crippen LogP contribution in [-0.2, 0) is 16.0 Å². The first-order chi connectivity index (χ1) is 8.63. The van der Waals surface area contributed by atoms with Crippen molar-refractivity contribution in [3.8, 4) is 0 Å². The smallest absolute Gasteiger partial charge is 0.328 e. The topological polar surface area (TPSA) is 102 Å². The van der Waals surface area contributed by atoms with Gasteiger partial charge in [0.05, 0.1) is 7.11 Å². The number of nitrogens with two attached hydrogens (primary N) is 1. The van der Waals surface area contributed by atoms with Gasteiger partial charge in [-0.15, -0.1) is 0 Å². The quantitative estimate of drug-likeness (QED) is 0.389. The van der Waals surface area contributed by atoms with Gasteiger partial charge in [-0.2, -0.15) is 0 Å². The molecule has 100 valence electrons. The van der Waals surface area contributed by atoms with E-state index in [1.807, 2.05) is 6.92 Å². The number of nitrogen functional groups attached to an aromatic ring is 1. The highest BCUT2D eigenvalue weighted by Crippen LogP contribution is 2.21. The molecule has 0 radical (unpaired) electrons. The lowest BCUT2D eigenvalue weighted by Crippen LogP contribution is -2.28. The summed E-state index contributed by atoms with van der Waals surface area (Å²) >= 11 is 0. The van der Waals surface area contributed by atoms with Gasteiger partial charge in [0.15, 0.2) is 0 Å². The number of carbonyl (C=O) groups excluding carboxylic acids is 1. The molecule has 7 heteroatoms. The third kappa shape index (κ3) is 3.30. The van der Waals surface area contributed by atoms with Gasteiger partial charge in [0.1, 0.15) is 24.0 Å². The van der Waals surface area contributed by atoms with Crippen LogP contribution in [0.2, 0.25) is 0 Å². The zero-order valence-corrected chi connectivity index (χ0v) is 10.9. The summed E-state index contributed by atoms with van der Waals surface area (Å²) in [5.74, 6) is 6.21. The van der Waals surface area contributed by atoms with Crippen molar-refractivity contribution < 1.29 is 9.53 Å². The molecule has 0 bridgehead atoms. The number of nitrogens with zero attached hydrogens (tertiary/aromatic N) is 2. The summed E-state index contributed by atoms with van der Waals surface area (Å²) < 4.78 is 4.66. The first-order valence-electron chi connectivity index (χ1n) is 5.78. The van der Waals surface area contributed by atoms with Gasteiger partial charge in [-0.25, -0.2) is 20.6 Å². The highest BCUT2D eigenvalue weighted by atomic mass is 16.5. The Bertz CT molecular complexity index is 410. The average molecular weight is 253 g/mol. The Labute approximate surface area is 106 Å². The molecule has 0 saturated heterocycles. The number of rotatable bonds is 6. The summed E-state index contributed by atoms with van der Waals surface area (Å²) in [6.45, 7) is 3.75. The molecule has 18 heavy (non-hydrogen) atoms. The molecule has 1 aromatic heterocycles. The number of hydrazine groups is 1. The Morgan fingerprint density at radius 3 is 2.72 bits per heavy atom. The van der Waals surface area contributed by atoms with Crippen LogP contribution in [-0.4, -0.2) is 29.1 Å². The predicted molar refractivity (Wildman–Crippen MR) is 68.9 cm³/mol. The van der Waals surface area contributed by atoms with E-state index in [1.165, 1.54) is 13.4 Å². The lowest BCUT2D eigenvalue weighted by Gasteiger charge is -2.16. The molecule has 1 rings (SSSR count). The highest BCUT2D eigenvalue weighted by Gasteiger charge is 2.17. The molecular weight excluding hydrogens is 234 g/mol. The second-order valence-electron chi connectivity index (χ2n) is 3.83. The van der Waals surface area contributed by atoms with Crippen LogP contribution in [0.5, 0.6) is 0 Å². The van der Waals surface area contributed by atoms with Gasteiger partial charge in [-0.3, -0.25) is 0 Å². The zero-order valence-electron chi connectivity index (χ0n) is 10.9. The molecular formula is C11H19N5O2. The lowest BCUT2D eigenvalue weighted by molar-refractivity contribution is -0.141. The molecule has 4 N–H and O–H groups in total. The molecule has 1 heterocycles. The molecule has 1 aromatic rings. The first kappa shape index (κ1) is 14.2. The second kappa shape index (κ2) is 6.75. The van der Waals surface area contributed by atoms with E-state index in [1.54, 1.807) is 6.92 Å². The van der Waals surface area contributed by atoms with E-state index in [4.69, 9.17) is 5.84 Å². The molecule has 0 aromatic carbocycles. The molecule has 0 aliphatic carbocycles. The van der Waals surface area contributed by atoms with Crippen molar-refractivity contribution in [1.82, 2.24) is 9.97 Å². The monoisotopic (exact) mass is 253 g/mol. The number of aromatic nitrogens is 2. The van der Waals surface area contributed by atoms with Crippen molar-refractivity contribution in [3.05, 3.63) is 11.9 Å².